The quantitative estimate of drug-likeness (QED) is 0.880. The number of hydrogen-bond donors (Lipinski definition) is 2. The van der Waals surface area contributed by atoms with Gasteiger partial charge in [-0.3, -0.25) is 4.79 Å². The van der Waals surface area contributed by atoms with Crippen molar-refractivity contribution in [3.63, 3.8) is 0 Å². The lowest BCUT2D eigenvalue weighted by molar-refractivity contribution is 0.100. The minimum Gasteiger partial charge on any atom is -0.380 e. The van der Waals surface area contributed by atoms with E-state index in [9.17, 15) is 9.18 Å². The van der Waals surface area contributed by atoms with Gasteiger partial charge in [0.15, 0.2) is 0 Å². The summed E-state index contributed by atoms with van der Waals surface area (Å²) in [5.74, 6) is -0.873. The summed E-state index contributed by atoms with van der Waals surface area (Å²) < 4.78 is 13.7. The van der Waals surface area contributed by atoms with E-state index < -0.39 is 5.91 Å². The molecule has 1 saturated carbocycles. The maximum Gasteiger partial charge on any atom is 0.248 e. The van der Waals surface area contributed by atoms with E-state index in [1.165, 1.54) is 18.2 Å². The fraction of sp³-hybridized carbons (Fsp3) is 0.533. The Morgan fingerprint density at radius 3 is 2.58 bits per heavy atom. The molecule has 1 aromatic rings. The first-order chi connectivity index (χ1) is 8.87. The van der Waals surface area contributed by atoms with E-state index in [-0.39, 0.29) is 11.9 Å². The van der Waals surface area contributed by atoms with Crippen molar-refractivity contribution in [2.45, 2.75) is 45.6 Å². The van der Waals surface area contributed by atoms with Crippen LogP contribution in [0.2, 0.25) is 0 Å². The Morgan fingerprint density at radius 2 is 2.00 bits per heavy atom. The molecular formula is C15H21FN2O. The van der Waals surface area contributed by atoms with E-state index in [2.05, 4.69) is 19.2 Å². The fourth-order valence-electron chi connectivity index (χ4n) is 2.55. The third kappa shape index (κ3) is 3.46. The average molecular weight is 264 g/mol. The molecular weight excluding hydrogens is 243 g/mol. The van der Waals surface area contributed by atoms with Crippen molar-refractivity contribution < 1.29 is 9.18 Å². The zero-order valence-electron chi connectivity index (χ0n) is 11.5. The van der Waals surface area contributed by atoms with Crippen LogP contribution in [0.15, 0.2) is 18.2 Å². The van der Waals surface area contributed by atoms with Gasteiger partial charge in [-0.05, 0) is 49.3 Å². The van der Waals surface area contributed by atoms with Gasteiger partial charge in [0.05, 0.1) is 5.69 Å². The molecule has 0 heterocycles. The highest BCUT2D eigenvalue weighted by Gasteiger charge is 2.27. The van der Waals surface area contributed by atoms with Crippen molar-refractivity contribution in [2.75, 3.05) is 5.32 Å². The van der Waals surface area contributed by atoms with Crippen molar-refractivity contribution in [3.8, 4) is 0 Å². The minimum absolute atomic E-state index is 0.269. The fourth-order valence-corrected chi connectivity index (χ4v) is 2.55. The zero-order chi connectivity index (χ0) is 14.0. The Morgan fingerprint density at radius 1 is 1.37 bits per heavy atom. The van der Waals surface area contributed by atoms with Crippen LogP contribution in [0.5, 0.6) is 0 Å². The summed E-state index contributed by atoms with van der Waals surface area (Å²) in [6.07, 6.45) is 4.30. The molecule has 0 radical (unpaired) electrons. The number of halogens is 1. The van der Waals surface area contributed by atoms with Gasteiger partial charge in [0.1, 0.15) is 5.82 Å². The summed E-state index contributed by atoms with van der Waals surface area (Å²) >= 11 is 0. The predicted octanol–water partition coefficient (Wildman–Crippen LogP) is 3.31. The molecule has 0 atom stereocenters. The summed E-state index contributed by atoms with van der Waals surface area (Å²) in [7, 11) is 0. The van der Waals surface area contributed by atoms with Crippen molar-refractivity contribution in [2.24, 2.45) is 11.1 Å². The molecule has 3 nitrogen and oxygen atoms in total. The number of benzene rings is 1. The monoisotopic (exact) mass is 264 g/mol. The lowest BCUT2D eigenvalue weighted by Gasteiger charge is -2.35. The Hall–Kier alpha value is -1.58. The lowest BCUT2D eigenvalue weighted by atomic mass is 9.75. The van der Waals surface area contributed by atoms with Crippen LogP contribution in [0.25, 0.3) is 0 Å². The molecule has 0 spiro atoms. The molecule has 3 N–H and O–H groups in total. The van der Waals surface area contributed by atoms with Gasteiger partial charge < -0.3 is 11.1 Å². The minimum atomic E-state index is -0.534. The summed E-state index contributed by atoms with van der Waals surface area (Å²) in [6.45, 7) is 4.52. The number of nitrogens with two attached hydrogens (primary N) is 1. The molecule has 1 aliphatic rings. The highest BCUT2D eigenvalue weighted by molar-refractivity contribution is 5.93. The van der Waals surface area contributed by atoms with Crippen molar-refractivity contribution in [1.82, 2.24) is 0 Å². The van der Waals surface area contributed by atoms with Crippen LogP contribution < -0.4 is 11.1 Å². The van der Waals surface area contributed by atoms with E-state index in [4.69, 9.17) is 5.73 Å². The van der Waals surface area contributed by atoms with Gasteiger partial charge in [-0.2, -0.15) is 0 Å². The molecule has 104 valence electrons. The van der Waals surface area contributed by atoms with Crippen LogP contribution in [0.3, 0.4) is 0 Å². The van der Waals surface area contributed by atoms with Crippen LogP contribution >= 0.6 is 0 Å². The standard InChI is InChI=1S/C15H21FN2O/c1-15(2)7-5-11(6-8-15)18-13-9-10(14(17)19)3-4-12(13)16/h3-4,9,11,18H,5-8H2,1-2H3,(H2,17,19). The number of rotatable bonds is 3. The Labute approximate surface area is 113 Å². The van der Waals surface area contributed by atoms with Crippen LogP contribution in [-0.4, -0.2) is 11.9 Å². The zero-order valence-corrected chi connectivity index (χ0v) is 11.5. The van der Waals surface area contributed by atoms with Crippen molar-refractivity contribution in [1.29, 1.82) is 0 Å². The van der Waals surface area contributed by atoms with Gasteiger partial charge in [-0.25, -0.2) is 4.39 Å². The number of carbonyl (C=O) groups excluding carboxylic acids is 1. The van der Waals surface area contributed by atoms with Crippen LogP contribution in [0.1, 0.15) is 49.9 Å². The summed E-state index contributed by atoms with van der Waals surface area (Å²) in [6, 6.07) is 4.46. The van der Waals surface area contributed by atoms with Gasteiger partial charge in [-0.1, -0.05) is 13.8 Å². The number of primary amides is 1. The molecule has 0 bridgehead atoms. The van der Waals surface area contributed by atoms with E-state index in [0.29, 0.717) is 16.7 Å². The van der Waals surface area contributed by atoms with E-state index >= 15 is 0 Å². The first kappa shape index (κ1) is 13.8. The smallest absolute Gasteiger partial charge is 0.248 e. The Bertz CT molecular complexity index is 475. The van der Waals surface area contributed by atoms with Gasteiger partial charge in [0.25, 0.3) is 0 Å². The molecule has 1 aromatic carbocycles. The number of hydrogen-bond acceptors (Lipinski definition) is 2. The highest BCUT2D eigenvalue weighted by Crippen LogP contribution is 2.36. The number of nitrogens with one attached hydrogen (secondary N) is 1. The summed E-state index contributed by atoms with van der Waals surface area (Å²) in [5, 5.41) is 3.20. The number of anilines is 1. The first-order valence-electron chi connectivity index (χ1n) is 6.73. The second-order valence-electron chi connectivity index (χ2n) is 6.14. The molecule has 19 heavy (non-hydrogen) atoms. The molecule has 0 saturated heterocycles. The maximum atomic E-state index is 13.7. The maximum absolute atomic E-state index is 13.7. The van der Waals surface area contributed by atoms with Crippen molar-refractivity contribution >= 4 is 11.6 Å². The predicted molar refractivity (Wildman–Crippen MR) is 74.6 cm³/mol. The largest absolute Gasteiger partial charge is 0.380 e. The van der Waals surface area contributed by atoms with Gasteiger partial charge in [0, 0.05) is 11.6 Å². The molecule has 1 aliphatic carbocycles. The number of amides is 1. The van der Waals surface area contributed by atoms with Crippen molar-refractivity contribution in [3.05, 3.63) is 29.6 Å². The topological polar surface area (TPSA) is 55.1 Å². The van der Waals surface area contributed by atoms with Crippen LogP contribution in [-0.2, 0) is 0 Å². The van der Waals surface area contributed by atoms with Gasteiger partial charge in [-0.15, -0.1) is 0 Å². The van der Waals surface area contributed by atoms with Crippen LogP contribution in [0, 0.1) is 11.2 Å². The highest BCUT2D eigenvalue weighted by atomic mass is 19.1. The first-order valence-corrected chi connectivity index (χ1v) is 6.73. The molecule has 1 fully saturated rings. The van der Waals surface area contributed by atoms with Gasteiger partial charge in [0.2, 0.25) is 5.91 Å². The summed E-state index contributed by atoms with van der Waals surface area (Å²) in [5.41, 5.74) is 6.30. The third-order valence-electron chi connectivity index (χ3n) is 3.95. The summed E-state index contributed by atoms with van der Waals surface area (Å²) in [4.78, 5) is 11.1. The third-order valence-corrected chi connectivity index (χ3v) is 3.95. The second-order valence-corrected chi connectivity index (χ2v) is 6.14. The van der Waals surface area contributed by atoms with E-state index in [1.807, 2.05) is 0 Å². The number of carbonyl (C=O) groups is 1. The lowest BCUT2D eigenvalue weighted by Crippen LogP contribution is -2.30. The molecule has 0 aromatic heterocycles. The second kappa shape index (κ2) is 5.19. The molecule has 0 unspecified atom stereocenters. The Balaban J connectivity index is 2.07. The molecule has 2 rings (SSSR count). The van der Waals surface area contributed by atoms with Crippen LogP contribution in [0.4, 0.5) is 10.1 Å². The Kier molecular flexibility index (Phi) is 3.78. The van der Waals surface area contributed by atoms with E-state index in [1.54, 1.807) is 0 Å². The average Bonchev–Trinajstić information content (AvgIpc) is 2.34. The molecule has 0 aliphatic heterocycles. The molecule has 1 amide bonds. The van der Waals surface area contributed by atoms with Gasteiger partial charge >= 0.3 is 0 Å². The normalized spacial score (nSPS) is 19.1. The SMILES string of the molecule is CC1(C)CCC(Nc2cc(C(N)=O)ccc2F)CC1. The van der Waals surface area contributed by atoms with E-state index in [0.717, 1.165) is 25.7 Å². The molecule has 4 heteroatoms.